The van der Waals surface area contributed by atoms with Gasteiger partial charge in [-0.05, 0) is 29.8 Å². The minimum atomic E-state index is -0.485. The molecule has 0 unspecified atom stereocenters. The number of aliphatic hydroxyl groups is 1. The van der Waals surface area contributed by atoms with Gasteiger partial charge in [0.1, 0.15) is 11.6 Å². The third-order valence-corrected chi connectivity index (χ3v) is 5.79. The molecule has 0 aliphatic carbocycles. The summed E-state index contributed by atoms with van der Waals surface area (Å²) in [5.74, 6) is -0.844. The summed E-state index contributed by atoms with van der Waals surface area (Å²) in [4.78, 5) is 16.2. The molecule has 2 aromatic carbocycles. The van der Waals surface area contributed by atoms with E-state index in [0.29, 0.717) is 13.0 Å². The number of para-hydroxylation sites is 1. The smallest absolute Gasteiger partial charge is 0.226 e. The molecule has 1 fully saturated rings. The van der Waals surface area contributed by atoms with Crippen molar-refractivity contribution in [1.82, 2.24) is 4.90 Å². The van der Waals surface area contributed by atoms with Gasteiger partial charge in [-0.1, -0.05) is 25.1 Å². The molecule has 0 spiro atoms. The van der Waals surface area contributed by atoms with Gasteiger partial charge >= 0.3 is 0 Å². The number of likely N-dealkylation sites (tertiary alicyclic amines) is 1. The van der Waals surface area contributed by atoms with Crippen LogP contribution in [0.1, 0.15) is 30.4 Å². The molecule has 1 saturated heterocycles. The van der Waals surface area contributed by atoms with Gasteiger partial charge in [0, 0.05) is 48.8 Å². The second-order valence-corrected chi connectivity index (χ2v) is 7.17. The van der Waals surface area contributed by atoms with Gasteiger partial charge in [0.05, 0.1) is 6.61 Å². The lowest BCUT2D eigenvalue weighted by Gasteiger charge is -2.59. The molecule has 0 aromatic heterocycles. The molecule has 2 aliphatic heterocycles. The second-order valence-electron chi connectivity index (χ2n) is 7.17. The molecular weight excluding hydrogens is 350 g/mol. The molecule has 2 aromatic rings. The van der Waals surface area contributed by atoms with Gasteiger partial charge in [-0.2, -0.15) is 0 Å². The van der Waals surface area contributed by atoms with E-state index >= 15 is 0 Å². The minimum Gasteiger partial charge on any atom is -0.395 e. The van der Waals surface area contributed by atoms with Crippen molar-refractivity contribution < 1.29 is 18.7 Å². The standard InChI is InChI=1S/C21H22F2N2O2/c1-2-20(27)25-11-18-21(15-5-3-4-6-17(15)25)19(12-26)24(18)10-13-9-14(22)7-8-16(13)23/h3-9,18-19,21,26H,2,10-12H2,1H3/t18-,19+,21+/m1/s1. The monoisotopic (exact) mass is 372 g/mol. The Morgan fingerprint density at radius 1 is 1.22 bits per heavy atom. The maximum absolute atomic E-state index is 14.1. The van der Waals surface area contributed by atoms with Crippen molar-refractivity contribution >= 4 is 11.6 Å². The predicted octanol–water partition coefficient (Wildman–Crippen LogP) is 3.05. The van der Waals surface area contributed by atoms with Crippen molar-refractivity contribution in [2.24, 2.45) is 0 Å². The summed E-state index contributed by atoms with van der Waals surface area (Å²) in [6.45, 7) is 2.44. The highest BCUT2D eigenvalue weighted by Crippen LogP contribution is 2.48. The number of carbonyl (C=O) groups is 1. The number of aliphatic hydroxyl groups excluding tert-OH is 1. The van der Waals surface area contributed by atoms with Crippen molar-refractivity contribution in [3.05, 3.63) is 65.2 Å². The Kier molecular flexibility index (Phi) is 4.70. The Morgan fingerprint density at radius 2 is 2.00 bits per heavy atom. The first kappa shape index (κ1) is 18.1. The first-order chi connectivity index (χ1) is 13.0. The molecular formula is C21H22F2N2O2. The Morgan fingerprint density at radius 3 is 2.74 bits per heavy atom. The van der Waals surface area contributed by atoms with Gasteiger partial charge in [-0.15, -0.1) is 0 Å². The summed E-state index contributed by atoms with van der Waals surface area (Å²) in [6, 6.07) is 11.0. The number of anilines is 1. The second kappa shape index (κ2) is 7.02. The average molecular weight is 372 g/mol. The quantitative estimate of drug-likeness (QED) is 0.897. The van der Waals surface area contributed by atoms with E-state index in [-0.39, 0.29) is 42.6 Å². The number of hydrogen-bond acceptors (Lipinski definition) is 3. The van der Waals surface area contributed by atoms with Gasteiger partial charge in [0.2, 0.25) is 5.91 Å². The van der Waals surface area contributed by atoms with E-state index in [1.807, 2.05) is 36.1 Å². The fourth-order valence-corrected chi connectivity index (χ4v) is 4.49. The predicted molar refractivity (Wildman–Crippen MR) is 98.4 cm³/mol. The Hall–Kier alpha value is -2.31. The molecule has 6 heteroatoms. The number of rotatable bonds is 4. The summed E-state index contributed by atoms with van der Waals surface area (Å²) in [6.07, 6.45) is 0.397. The Balaban J connectivity index is 1.68. The number of fused-ring (bicyclic) bond motifs is 3. The van der Waals surface area contributed by atoms with E-state index in [2.05, 4.69) is 0 Å². The molecule has 2 aliphatic rings. The summed E-state index contributed by atoms with van der Waals surface area (Å²) in [5.41, 5.74) is 2.19. The van der Waals surface area contributed by atoms with Crippen molar-refractivity contribution in [2.75, 3.05) is 18.1 Å². The summed E-state index contributed by atoms with van der Waals surface area (Å²) >= 11 is 0. The molecule has 0 saturated carbocycles. The van der Waals surface area contributed by atoms with E-state index < -0.39 is 11.6 Å². The molecule has 0 radical (unpaired) electrons. The van der Waals surface area contributed by atoms with E-state index in [1.54, 1.807) is 4.90 Å². The van der Waals surface area contributed by atoms with Gasteiger partial charge in [-0.3, -0.25) is 9.69 Å². The van der Waals surface area contributed by atoms with Crippen LogP contribution in [0.4, 0.5) is 14.5 Å². The van der Waals surface area contributed by atoms with Crippen molar-refractivity contribution in [3.63, 3.8) is 0 Å². The number of halogens is 2. The van der Waals surface area contributed by atoms with Gasteiger partial charge < -0.3 is 10.0 Å². The van der Waals surface area contributed by atoms with Crippen molar-refractivity contribution in [3.8, 4) is 0 Å². The minimum absolute atomic E-state index is 0.0322. The Labute approximate surface area is 157 Å². The number of nitrogens with zero attached hydrogens (tertiary/aromatic N) is 2. The number of hydrogen-bond donors (Lipinski definition) is 1. The largest absolute Gasteiger partial charge is 0.395 e. The SMILES string of the molecule is CCC(=O)N1C[C@@H]2[C@H](c3ccccc31)[C@H](CO)N2Cc1cc(F)ccc1F. The number of benzene rings is 2. The molecule has 27 heavy (non-hydrogen) atoms. The summed E-state index contributed by atoms with van der Waals surface area (Å²) < 4.78 is 27.7. The average Bonchev–Trinajstić information content (AvgIpc) is 2.68. The highest BCUT2D eigenvalue weighted by molar-refractivity contribution is 5.95. The van der Waals surface area contributed by atoms with Gasteiger partial charge in [0.25, 0.3) is 0 Å². The lowest BCUT2D eigenvalue weighted by molar-refractivity contribution is -0.119. The fourth-order valence-electron chi connectivity index (χ4n) is 4.49. The van der Waals surface area contributed by atoms with E-state index in [1.165, 1.54) is 6.07 Å². The molecule has 1 amide bonds. The molecule has 4 nitrogen and oxygen atoms in total. The maximum atomic E-state index is 14.1. The number of amides is 1. The van der Waals surface area contributed by atoms with Crippen LogP contribution in [0.3, 0.4) is 0 Å². The van der Waals surface area contributed by atoms with Gasteiger partial charge in [-0.25, -0.2) is 8.78 Å². The van der Waals surface area contributed by atoms with Crippen LogP contribution in [0.2, 0.25) is 0 Å². The lowest BCUT2D eigenvalue weighted by Crippen LogP contribution is -2.68. The molecule has 142 valence electrons. The van der Waals surface area contributed by atoms with Gasteiger partial charge in [0.15, 0.2) is 0 Å². The maximum Gasteiger partial charge on any atom is 0.226 e. The molecule has 2 heterocycles. The van der Waals surface area contributed by atoms with Crippen molar-refractivity contribution in [2.45, 2.75) is 37.9 Å². The van der Waals surface area contributed by atoms with Crippen LogP contribution < -0.4 is 4.90 Å². The highest BCUT2D eigenvalue weighted by atomic mass is 19.1. The summed E-state index contributed by atoms with van der Waals surface area (Å²) in [7, 11) is 0. The lowest BCUT2D eigenvalue weighted by atomic mass is 9.71. The first-order valence-corrected chi connectivity index (χ1v) is 9.25. The van der Waals surface area contributed by atoms with Crippen LogP contribution in [0.25, 0.3) is 0 Å². The van der Waals surface area contributed by atoms with Crippen LogP contribution in [0, 0.1) is 11.6 Å². The van der Waals surface area contributed by atoms with Crippen LogP contribution in [0.15, 0.2) is 42.5 Å². The third kappa shape index (κ3) is 2.93. The van der Waals surface area contributed by atoms with Crippen LogP contribution in [-0.2, 0) is 11.3 Å². The topological polar surface area (TPSA) is 43.8 Å². The normalized spacial score (nSPS) is 24.1. The highest BCUT2D eigenvalue weighted by Gasteiger charge is 2.53. The van der Waals surface area contributed by atoms with Crippen LogP contribution in [0.5, 0.6) is 0 Å². The zero-order chi connectivity index (χ0) is 19.1. The van der Waals surface area contributed by atoms with E-state index in [0.717, 1.165) is 23.4 Å². The van der Waals surface area contributed by atoms with E-state index in [9.17, 15) is 18.7 Å². The van der Waals surface area contributed by atoms with Crippen LogP contribution >= 0.6 is 0 Å². The zero-order valence-corrected chi connectivity index (χ0v) is 15.1. The van der Waals surface area contributed by atoms with Crippen molar-refractivity contribution in [1.29, 1.82) is 0 Å². The van der Waals surface area contributed by atoms with Crippen LogP contribution in [-0.4, -0.2) is 41.1 Å². The molecule has 0 bridgehead atoms. The zero-order valence-electron chi connectivity index (χ0n) is 15.1. The molecule has 1 N–H and O–H groups in total. The Bertz CT molecular complexity index is 873. The molecule has 4 rings (SSSR count). The first-order valence-electron chi connectivity index (χ1n) is 9.25. The molecule has 3 atom stereocenters. The summed E-state index contributed by atoms with van der Waals surface area (Å²) in [5, 5.41) is 9.95. The number of carbonyl (C=O) groups excluding carboxylic acids is 1. The third-order valence-electron chi connectivity index (χ3n) is 5.79. The van der Waals surface area contributed by atoms with E-state index in [4.69, 9.17) is 0 Å². The fraction of sp³-hybridized carbons (Fsp3) is 0.381.